The smallest absolute Gasteiger partial charge is 0.222 e. The van der Waals surface area contributed by atoms with Gasteiger partial charge in [-0.2, -0.15) is 0 Å². The lowest BCUT2D eigenvalue weighted by atomic mass is 9.45. The molecule has 0 aromatic carbocycles. The molecule has 0 spiro atoms. The van der Waals surface area contributed by atoms with E-state index in [1.54, 1.807) is 0 Å². The van der Waals surface area contributed by atoms with Gasteiger partial charge in [0, 0.05) is 19.5 Å². The second kappa shape index (κ2) is 6.21. The topological polar surface area (TPSA) is 29.5 Å². The molecule has 3 saturated carbocycles. The number of ether oxygens (including phenoxy) is 1. The second-order valence-electron chi connectivity index (χ2n) is 12.0. The number of amides is 1. The third kappa shape index (κ3) is 3.07. The molecule has 1 aliphatic heterocycles. The van der Waals surface area contributed by atoms with E-state index in [0.29, 0.717) is 34.8 Å². The van der Waals surface area contributed by atoms with Crippen LogP contribution in [0.5, 0.6) is 0 Å². The molecule has 4 fully saturated rings. The van der Waals surface area contributed by atoms with Crippen LogP contribution in [-0.2, 0) is 9.53 Å². The van der Waals surface area contributed by atoms with Crippen molar-refractivity contribution in [3.63, 3.8) is 0 Å². The summed E-state index contributed by atoms with van der Waals surface area (Å²) in [5.41, 5.74) is 0.713. The van der Waals surface area contributed by atoms with E-state index < -0.39 is 0 Å². The van der Waals surface area contributed by atoms with Gasteiger partial charge in [0.15, 0.2) is 0 Å². The molecule has 1 amide bonds. The highest BCUT2D eigenvalue weighted by molar-refractivity contribution is 5.77. The standard InChI is InChI=1S/C24H41NO2/c1-15-12-19-24(6,11-9-20(26)25(19)7)17-8-10-23(5)14-16(27-22(2,3)4)13-18(23)21(15)17/h15-19,21H,8-14H2,1-7H3/t15-,16-,17-,18-,19+,21?,23+,24+/m0/s1. The van der Waals surface area contributed by atoms with Crippen molar-refractivity contribution in [2.75, 3.05) is 7.05 Å². The molecular weight excluding hydrogens is 334 g/mol. The summed E-state index contributed by atoms with van der Waals surface area (Å²) in [5.74, 6) is 3.44. The fourth-order valence-electron chi connectivity index (χ4n) is 8.05. The highest BCUT2D eigenvalue weighted by Crippen LogP contribution is 2.66. The van der Waals surface area contributed by atoms with Crippen molar-refractivity contribution in [3.8, 4) is 0 Å². The Labute approximate surface area is 166 Å². The lowest BCUT2D eigenvalue weighted by Gasteiger charge is -2.63. The van der Waals surface area contributed by atoms with Crippen LogP contribution in [0, 0.1) is 34.5 Å². The first-order chi connectivity index (χ1) is 12.4. The van der Waals surface area contributed by atoms with Gasteiger partial charge in [-0.15, -0.1) is 0 Å². The fourth-order valence-corrected chi connectivity index (χ4v) is 8.05. The maximum absolute atomic E-state index is 12.4. The number of piperidine rings is 1. The van der Waals surface area contributed by atoms with Crippen molar-refractivity contribution >= 4 is 5.91 Å². The van der Waals surface area contributed by atoms with E-state index in [1.807, 2.05) is 0 Å². The molecule has 3 aliphatic carbocycles. The van der Waals surface area contributed by atoms with Crippen molar-refractivity contribution in [2.24, 2.45) is 34.5 Å². The number of carbonyl (C=O) groups excluding carboxylic acids is 1. The Bertz CT molecular complexity index is 610. The molecule has 4 rings (SSSR count). The molecule has 0 radical (unpaired) electrons. The Morgan fingerprint density at radius 2 is 1.81 bits per heavy atom. The molecule has 3 heteroatoms. The summed E-state index contributed by atoms with van der Waals surface area (Å²) in [6, 6.07) is 0.447. The lowest BCUT2D eigenvalue weighted by molar-refractivity contribution is -0.164. The molecule has 0 N–H and O–H groups in total. The third-order valence-electron chi connectivity index (χ3n) is 9.18. The van der Waals surface area contributed by atoms with Crippen LogP contribution in [0.2, 0.25) is 0 Å². The Morgan fingerprint density at radius 3 is 2.48 bits per heavy atom. The molecule has 27 heavy (non-hydrogen) atoms. The van der Waals surface area contributed by atoms with E-state index in [9.17, 15) is 4.79 Å². The fraction of sp³-hybridized carbons (Fsp3) is 0.958. The Kier molecular flexibility index (Phi) is 4.54. The van der Waals surface area contributed by atoms with E-state index in [1.165, 1.54) is 32.1 Å². The van der Waals surface area contributed by atoms with Crippen LogP contribution < -0.4 is 0 Å². The summed E-state index contributed by atoms with van der Waals surface area (Å²) < 4.78 is 6.48. The predicted octanol–water partition coefficient (Wildman–Crippen LogP) is 5.28. The largest absolute Gasteiger partial charge is 0.373 e. The molecule has 8 atom stereocenters. The molecule has 1 unspecified atom stereocenters. The molecule has 0 aromatic heterocycles. The van der Waals surface area contributed by atoms with Gasteiger partial charge in [-0.3, -0.25) is 4.79 Å². The third-order valence-corrected chi connectivity index (χ3v) is 9.18. The van der Waals surface area contributed by atoms with Crippen LogP contribution in [0.4, 0.5) is 0 Å². The molecule has 1 heterocycles. The lowest BCUT2D eigenvalue weighted by Crippen LogP contribution is -2.62. The van der Waals surface area contributed by atoms with Crippen molar-refractivity contribution in [3.05, 3.63) is 0 Å². The molecule has 0 bridgehead atoms. The number of likely N-dealkylation sites (tertiary alicyclic amines) is 1. The maximum Gasteiger partial charge on any atom is 0.222 e. The van der Waals surface area contributed by atoms with Crippen LogP contribution in [0.3, 0.4) is 0 Å². The normalized spacial score (nSPS) is 50.2. The Morgan fingerprint density at radius 1 is 1.11 bits per heavy atom. The van der Waals surface area contributed by atoms with Gasteiger partial charge in [0.1, 0.15) is 0 Å². The minimum Gasteiger partial charge on any atom is -0.373 e. The number of nitrogens with zero attached hydrogens (tertiary/aromatic N) is 1. The molecule has 3 nitrogen and oxygen atoms in total. The number of hydrogen-bond acceptors (Lipinski definition) is 2. The van der Waals surface area contributed by atoms with Crippen LogP contribution in [0.25, 0.3) is 0 Å². The quantitative estimate of drug-likeness (QED) is 0.624. The molecule has 0 aromatic rings. The average Bonchev–Trinajstić information content (AvgIpc) is 2.87. The van der Waals surface area contributed by atoms with Gasteiger partial charge in [0.2, 0.25) is 5.91 Å². The van der Waals surface area contributed by atoms with Crippen molar-refractivity contribution < 1.29 is 9.53 Å². The maximum atomic E-state index is 12.4. The zero-order valence-corrected chi connectivity index (χ0v) is 18.7. The first kappa shape index (κ1) is 19.7. The van der Waals surface area contributed by atoms with Crippen molar-refractivity contribution in [1.29, 1.82) is 0 Å². The van der Waals surface area contributed by atoms with Crippen LogP contribution in [-0.4, -0.2) is 35.6 Å². The van der Waals surface area contributed by atoms with Gasteiger partial charge >= 0.3 is 0 Å². The molecular formula is C24H41NO2. The number of fused-ring (bicyclic) bond motifs is 5. The second-order valence-corrected chi connectivity index (χ2v) is 12.0. The number of carbonyl (C=O) groups is 1. The molecule has 4 aliphatic rings. The summed E-state index contributed by atoms with van der Waals surface area (Å²) in [4.78, 5) is 14.5. The molecule has 1 saturated heterocycles. The summed E-state index contributed by atoms with van der Waals surface area (Å²) in [7, 11) is 2.06. The predicted molar refractivity (Wildman–Crippen MR) is 109 cm³/mol. The molecule has 154 valence electrons. The van der Waals surface area contributed by atoms with Gasteiger partial charge in [-0.1, -0.05) is 20.8 Å². The van der Waals surface area contributed by atoms with E-state index in [-0.39, 0.29) is 5.60 Å². The van der Waals surface area contributed by atoms with E-state index in [2.05, 4.69) is 53.5 Å². The van der Waals surface area contributed by atoms with Gasteiger partial charge in [0.05, 0.1) is 11.7 Å². The minimum absolute atomic E-state index is 0.0460. The van der Waals surface area contributed by atoms with E-state index in [4.69, 9.17) is 4.74 Å². The number of hydrogen-bond donors (Lipinski definition) is 0. The van der Waals surface area contributed by atoms with Gasteiger partial charge in [0.25, 0.3) is 0 Å². The van der Waals surface area contributed by atoms with Crippen LogP contribution in [0.15, 0.2) is 0 Å². The van der Waals surface area contributed by atoms with Gasteiger partial charge in [-0.05, 0) is 93.8 Å². The van der Waals surface area contributed by atoms with E-state index >= 15 is 0 Å². The Balaban J connectivity index is 1.62. The van der Waals surface area contributed by atoms with Crippen LogP contribution >= 0.6 is 0 Å². The highest BCUT2D eigenvalue weighted by Gasteiger charge is 2.62. The first-order valence-electron chi connectivity index (χ1n) is 11.4. The zero-order valence-electron chi connectivity index (χ0n) is 18.7. The van der Waals surface area contributed by atoms with Crippen LogP contribution in [0.1, 0.15) is 86.5 Å². The summed E-state index contributed by atoms with van der Waals surface area (Å²) in [5, 5.41) is 0. The highest BCUT2D eigenvalue weighted by atomic mass is 16.5. The van der Waals surface area contributed by atoms with Gasteiger partial charge in [-0.25, -0.2) is 0 Å². The number of rotatable bonds is 1. The van der Waals surface area contributed by atoms with E-state index in [0.717, 1.165) is 30.6 Å². The monoisotopic (exact) mass is 375 g/mol. The Hall–Kier alpha value is -0.570. The first-order valence-corrected chi connectivity index (χ1v) is 11.4. The summed E-state index contributed by atoms with van der Waals surface area (Å²) in [6.45, 7) is 14.1. The average molecular weight is 376 g/mol. The summed E-state index contributed by atoms with van der Waals surface area (Å²) in [6.07, 6.45) is 8.63. The summed E-state index contributed by atoms with van der Waals surface area (Å²) >= 11 is 0. The van der Waals surface area contributed by atoms with Gasteiger partial charge < -0.3 is 9.64 Å². The SMILES string of the molecule is C[C@H]1C[C@H]2N(C)C(=O)CC[C@]2(C)[C@H]2CC[C@]3(C)C[C@@H](OC(C)(C)C)C[C@H]3C12. The minimum atomic E-state index is -0.0460. The zero-order chi connectivity index (χ0) is 19.8. The van der Waals surface area contributed by atoms with Crippen molar-refractivity contribution in [2.45, 2.75) is 104 Å². The van der Waals surface area contributed by atoms with Crippen molar-refractivity contribution in [1.82, 2.24) is 4.90 Å².